The molecule has 2 saturated heterocycles. The van der Waals surface area contributed by atoms with Crippen LogP contribution in [0.5, 0.6) is 0 Å². The number of ether oxygens (including phenoxy) is 1. The Labute approximate surface area is 98.4 Å². The largest absolute Gasteiger partial charge is 0.380 e. The molecule has 1 spiro atoms. The zero-order chi connectivity index (χ0) is 10.8. The lowest BCUT2D eigenvalue weighted by Crippen LogP contribution is -2.42. The minimum Gasteiger partial charge on any atom is -0.380 e. The van der Waals surface area contributed by atoms with Crippen LogP contribution in [-0.2, 0) is 4.74 Å². The maximum absolute atomic E-state index is 5.41. The molecule has 1 N–H and O–H groups in total. The molecule has 90 valence electrons. The van der Waals surface area contributed by atoms with E-state index in [4.69, 9.17) is 4.74 Å². The van der Waals surface area contributed by atoms with Crippen LogP contribution in [-0.4, -0.2) is 26.3 Å². The average molecular weight is 221 g/mol. The van der Waals surface area contributed by atoms with E-state index in [-0.39, 0.29) is 0 Å². The highest BCUT2D eigenvalue weighted by Gasteiger charge is 2.38. The van der Waals surface area contributed by atoms with Crippen LogP contribution in [0.25, 0.3) is 0 Å². The fourth-order valence-electron chi connectivity index (χ4n) is 3.36. The second kappa shape index (κ2) is 4.50. The molecule has 0 aromatic heterocycles. The number of allylic oxidation sites excluding steroid dienone is 2. The van der Waals surface area contributed by atoms with Crippen molar-refractivity contribution in [2.75, 3.05) is 26.3 Å². The van der Waals surface area contributed by atoms with Crippen molar-refractivity contribution >= 4 is 0 Å². The lowest BCUT2D eigenvalue weighted by atomic mass is 9.78. The fourth-order valence-corrected chi connectivity index (χ4v) is 3.36. The monoisotopic (exact) mass is 221 g/mol. The molecular weight excluding hydrogens is 198 g/mol. The van der Waals surface area contributed by atoms with Crippen LogP contribution in [0.1, 0.15) is 38.5 Å². The van der Waals surface area contributed by atoms with Crippen molar-refractivity contribution in [1.29, 1.82) is 0 Å². The van der Waals surface area contributed by atoms with Crippen LogP contribution in [0.4, 0.5) is 0 Å². The Kier molecular flexibility index (Phi) is 3.03. The minimum atomic E-state index is 0.576. The van der Waals surface area contributed by atoms with E-state index >= 15 is 0 Å². The van der Waals surface area contributed by atoms with Crippen molar-refractivity contribution in [2.45, 2.75) is 38.5 Å². The molecule has 3 aliphatic rings. The van der Waals surface area contributed by atoms with Gasteiger partial charge in [0.1, 0.15) is 0 Å². The molecule has 2 heteroatoms. The van der Waals surface area contributed by atoms with E-state index in [0.29, 0.717) is 5.41 Å². The Morgan fingerprint density at radius 3 is 3.00 bits per heavy atom. The van der Waals surface area contributed by atoms with Gasteiger partial charge in [-0.1, -0.05) is 11.6 Å². The summed E-state index contributed by atoms with van der Waals surface area (Å²) < 4.78 is 5.41. The van der Waals surface area contributed by atoms with Crippen molar-refractivity contribution in [3.05, 3.63) is 11.6 Å². The predicted molar refractivity (Wildman–Crippen MR) is 65.4 cm³/mol. The van der Waals surface area contributed by atoms with Gasteiger partial charge in [0.15, 0.2) is 0 Å². The van der Waals surface area contributed by atoms with E-state index in [0.717, 1.165) is 19.1 Å². The van der Waals surface area contributed by atoms with Gasteiger partial charge in [0.2, 0.25) is 0 Å². The van der Waals surface area contributed by atoms with E-state index in [2.05, 4.69) is 11.4 Å². The molecule has 2 fully saturated rings. The highest BCUT2D eigenvalue weighted by atomic mass is 16.5. The third kappa shape index (κ3) is 2.18. The lowest BCUT2D eigenvalue weighted by molar-refractivity contribution is -0.120. The molecule has 0 saturated carbocycles. The molecule has 1 unspecified atom stereocenters. The van der Waals surface area contributed by atoms with Gasteiger partial charge in [-0.05, 0) is 57.5 Å². The zero-order valence-corrected chi connectivity index (χ0v) is 10.1. The third-order valence-corrected chi connectivity index (χ3v) is 4.61. The first-order valence-electron chi connectivity index (χ1n) is 6.83. The minimum absolute atomic E-state index is 0.576. The van der Waals surface area contributed by atoms with Gasteiger partial charge in [-0.25, -0.2) is 0 Å². The maximum atomic E-state index is 5.41. The smallest absolute Gasteiger partial charge is 0.0545 e. The molecule has 0 bridgehead atoms. The molecule has 2 heterocycles. The van der Waals surface area contributed by atoms with Gasteiger partial charge in [-0.2, -0.15) is 0 Å². The average Bonchev–Trinajstić information content (AvgIpc) is 2.62. The summed E-state index contributed by atoms with van der Waals surface area (Å²) in [4.78, 5) is 0. The topological polar surface area (TPSA) is 21.3 Å². The van der Waals surface area contributed by atoms with E-state index in [1.54, 1.807) is 5.57 Å². The van der Waals surface area contributed by atoms with E-state index < -0.39 is 0 Å². The van der Waals surface area contributed by atoms with Crippen LogP contribution in [0.15, 0.2) is 11.6 Å². The van der Waals surface area contributed by atoms with E-state index in [1.165, 1.54) is 51.6 Å². The van der Waals surface area contributed by atoms with Crippen LogP contribution >= 0.6 is 0 Å². The van der Waals surface area contributed by atoms with Crippen molar-refractivity contribution in [3.8, 4) is 0 Å². The van der Waals surface area contributed by atoms with Gasteiger partial charge in [-0.15, -0.1) is 0 Å². The van der Waals surface area contributed by atoms with Crippen LogP contribution in [0.2, 0.25) is 0 Å². The molecule has 0 aromatic carbocycles. The molecule has 2 aliphatic heterocycles. The van der Waals surface area contributed by atoms with Crippen molar-refractivity contribution in [1.82, 2.24) is 5.32 Å². The first kappa shape index (κ1) is 10.8. The van der Waals surface area contributed by atoms with Crippen LogP contribution < -0.4 is 5.32 Å². The molecule has 1 atom stereocenters. The Hall–Kier alpha value is -0.340. The quantitative estimate of drug-likeness (QED) is 0.723. The van der Waals surface area contributed by atoms with Gasteiger partial charge < -0.3 is 10.1 Å². The maximum Gasteiger partial charge on any atom is 0.0545 e. The highest BCUT2D eigenvalue weighted by molar-refractivity contribution is 5.09. The van der Waals surface area contributed by atoms with Crippen LogP contribution in [0.3, 0.4) is 0 Å². The van der Waals surface area contributed by atoms with Crippen LogP contribution in [0, 0.1) is 11.3 Å². The van der Waals surface area contributed by atoms with Crippen molar-refractivity contribution in [2.24, 2.45) is 11.3 Å². The molecule has 0 aromatic rings. The Bertz CT molecular complexity index is 274. The summed E-state index contributed by atoms with van der Waals surface area (Å²) in [5.74, 6) is 0.915. The first-order chi connectivity index (χ1) is 7.86. The summed E-state index contributed by atoms with van der Waals surface area (Å²) in [6, 6.07) is 0. The molecule has 1 aliphatic carbocycles. The summed E-state index contributed by atoms with van der Waals surface area (Å²) in [7, 11) is 0. The van der Waals surface area contributed by atoms with Gasteiger partial charge >= 0.3 is 0 Å². The highest BCUT2D eigenvalue weighted by Crippen LogP contribution is 2.41. The number of rotatable bonds is 2. The number of hydrogen-bond donors (Lipinski definition) is 1. The third-order valence-electron chi connectivity index (χ3n) is 4.61. The normalized spacial score (nSPS) is 33.2. The Morgan fingerprint density at radius 1 is 1.38 bits per heavy atom. The molecule has 0 amide bonds. The van der Waals surface area contributed by atoms with E-state index in [1.807, 2.05) is 0 Å². The molecule has 2 nitrogen and oxygen atoms in total. The number of hydrogen-bond acceptors (Lipinski definition) is 2. The molecular formula is C14H23NO. The zero-order valence-electron chi connectivity index (χ0n) is 10.1. The molecule has 16 heavy (non-hydrogen) atoms. The Balaban J connectivity index is 1.53. The first-order valence-corrected chi connectivity index (χ1v) is 6.83. The standard InChI is InChI=1S/C14H23NO/c1-2-12(8-13-4-7-15-9-13)3-6-14(5-1)10-16-11-14/h2,13,15H,1,3-11H2. The summed E-state index contributed by atoms with van der Waals surface area (Å²) in [6.07, 6.45) is 10.6. The number of nitrogens with one attached hydrogen (secondary N) is 1. The van der Waals surface area contributed by atoms with Crippen molar-refractivity contribution < 1.29 is 4.74 Å². The van der Waals surface area contributed by atoms with E-state index in [9.17, 15) is 0 Å². The van der Waals surface area contributed by atoms with Gasteiger partial charge in [-0.3, -0.25) is 0 Å². The predicted octanol–water partition coefficient (Wildman–Crippen LogP) is 2.50. The molecule has 3 rings (SSSR count). The van der Waals surface area contributed by atoms with Crippen molar-refractivity contribution in [3.63, 3.8) is 0 Å². The van der Waals surface area contributed by atoms with Gasteiger partial charge in [0.05, 0.1) is 13.2 Å². The fraction of sp³-hybridized carbons (Fsp3) is 0.857. The molecule has 0 radical (unpaired) electrons. The lowest BCUT2D eigenvalue weighted by Gasteiger charge is -2.41. The summed E-state index contributed by atoms with van der Waals surface area (Å²) in [5.41, 5.74) is 2.31. The Morgan fingerprint density at radius 2 is 2.31 bits per heavy atom. The second-order valence-electron chi connectivity index (χ2n) is 5.96. The summed E-state index contributed by atoms with van der Waals surface area (Å²) >= 11 is 0. The van der Waals surface area contributed by atoms with Gasteiger partial charge in [0, 0.05) is 5.41 Å². The van der Waals surface area contributed by atoms with Gasteiger partial charge in [0.25, 0.3) is 0 Å². The SMILES string of the molecule is C1=C(CC2CCNC2)CCC2(CC1)COC2. The summed E-state index contributed by atoms with van der Waals surface area (Å²) in [6.45, 7) is 4.53. The second-order valence-corrected chi connectivity index (χ2v) is 5.96. The summed E-state index contributed by atoms with van der Waals surface area (Å²) in [5, 5.41) is 3.47.